The summed E-state index contributed by atoms with van der Waals surface area (Å²) in [6.45, 7) is 11.4. The molecule has 3 heteroatoms. The minimum atomic E-state index is 0.275. The number of nitrogens with one attached hydrogen (secondary N) is 1. The van der Waals surface area contributed by atoms with E-state index in [4.69, 9.17) is 4.74 Å². The van der Waals surface area contributed by atoms with Gasteiger partial charge in [-0.1, -0.05) is 0 Å². The van der Waals surface area contributed by atoms with E-state index in [-0.39, 0.29) is 5.54 Å². The quantitative estimate of drug-likeness (QED) is 0.735. The third-order valence-corrected chi connectivity index (χ3v) is 4.50. The molecule has 2 heterocycles. The van der Waals surface area contributed by atoms with Crippen molar-refractivity contribution in [3.63, 3.8) is 0 Å². The fourth-order valence-electron chi connectivity index (χ4n) is 2.93. The summed E-state index contributed by atoms with van der Waals surface area (Å²) in [4.78, 5) is 2.67. The summed E-state index contributed by atoms with van der Waals surface area (Å²) in [7, 11) is 0. The van der Waals surface area contributed by atoms with Gasteiger partial charge in [0, 0.05) is 24.7 Å². The lowest BCUT2D eigenvalue weighted by atomic mass is 9.91. The molecule has 0 aromatic heterocycles. The molecule has 1 N–H and O–H groups in total. The van der Waals surface area contributed by atoms with Crippen LogP contribution in [0.2, 0.25) is 0 Å². The molecule has 3 unspecified atom stereocenters. The Morgan fingerprint density at radius 1 is 1.31 bits per heavy atom. The molecule has 2 fully saturated rings. The molecule has 0 aromatic carbocycles. The van der Waals surface area contributed by atoms with Gasteiger partial charge in [0.1, 0.15) is 0 Å². The van der Waals surface area contributed by atoms with Crippen LogP contribution in [0.1, 0.15) is 40.0 Å². The predicted octanol–water partition coefficient (Wildman–Crippen LogP) is 1.63. The standard InChI is InChI=1S/C13H26N2O/c1-11-5-9-15(8-4-7-14-11)13(3)6-10-16-12(13)2/h11-12,14H,4-10H2,1-3H3. The topological polar surface area (TPSA) is 24.5 Å². The van der Waals surface area contributed by atoms with Crippen LogP contribution in [0.25, 0.3) is 0 Å². The molecular weight excluding hydrogens is 200 g/mol. The second-order valence-electron chi connectivity index (χ2n) is 5.60. The van der Waals surface area contributed by atoms with E-state index in [0.717, 1.165) is 13.2 Å². The number of rotatable bonds is 1. The van der Waals surface area contributed by atoms with Gasteiger partial charge in [0.05, 0.1) is 6.10 Å². The van der Waals surface area contributed by atoms with E-state index < -0.39 is 0 Å². The van der Waals surface area contributed by atoms with E-state index in [1.54, 1.807) is 0 Å². The Bertz CT molecular complexity index is 234. The van der Waals surface area contributed by atoms with Gasteiger partial charge in [0.15, 0.2) is 0 Å². The van der Waals surface area contributed by atoms with Gasteiger partial charge in [0.2, 0.25) is 0 Å². The van der Waals surface area contributed by atoms with Crippen LogP contribution in [0.5, 0.6) is 0 Å². The van der Waals surface area contributed by atoms with Crippen molar-refractivity contribution in [2.24, 2.45) is 0 Å². The van der Waals surface area contributed by atoms with Crippen molar-refractivity contribution in [1.29, 1.82) is 0 Å². The molecule has 2 rings (SSSR count). The van der Waals surface area contributed by atoms with E-state index >= 15 is 0 Å². The van der Waals surface area contributed by atoms with Crippen LogP contribution in [0, 0.1) is 0 Å². The summed E-state index contributed by atoms with van der Waals surface area (Å²) >= 11 is 0. The number of ether oxygens (including phenoxy) is 1. The number of hydrogen-bond acceptors (Lipinski definition) is 3. The molecule has 0 spiro atoms. The molecule has 0 radical (unpaired) electrons. The lowest BCUT2D eigenvalue weighted by Crippen LogP contribution is -2.53. The molecule has 0 saturated carbocycles. The van der Waals surface area contributed by atoms with Crippen LogP contribution in [0.4, 0.5) is 0 Å². The maximum atomic E-state index is 5.76. The fourth-order valence-corrected chi connectivity index (χ4v) is 2.93. The molecule has 3 atom stereocenters. The molecule has 3 nitrogen and oxygen atoms in total. The zero-order valence-electron chi connectivity index (χ0n) is 11.0. The highest BCUT2D eigenvalue weighted by molar-refractivity contribution is 4.96. The summed E-state index contributed by atoms with van der Waals surface area (Å²) in [6, 6.07) is 0.657. The Kier molecular flexibility index (Phi) is 3.88. The first-order valence-electron chi connectivity index (χ1n) is 6.73. The summed E-state index contributed by atoms with van der Waals surface area (Å²) in [5.41, 5.74) is 0.275. The van der Waals surface area contributed by atoms with E-state index in [9.17, 15) is 0 Å². The smallest absolute Gasteiger partial charge is 0.0728 e. The van der Waals surface area contributed by atoms with Gasteiger partial charge < -0.3 is 10.1 Å². The minimum absolute atomic E-state index is 0.275. The normalized spacial score (nSPS) is 42.9. The van der Waals surface area contributed by atoms with Crippen molar-refractivity contribution in [3.05, 3.63) is 0 Å². The molecule has 0 aliphatic carbocycles. The predicted molar refractivity (Wildman–Crippen MR) is 66.7 cm³/mol. The first-order valence-corrected chi connectivity index (χ1v) is 6.73. The highest BCUT2D eigenvalue weighted by atomic mass is 16.5. The number of nitrogens with zero attached hydrogens (tertiary/aromatic N) is 1. The molecule has 2 aliphatic heterocycles. The van der Waals surface area contributed by atoms with Crippen LogP contribution in [-0.4, -0.2) is 48.8 Å². The van der Waals surface area contributed by atoms with Crippen molar-refractivity contribution >= 4 is 0 Å². The first-order chi connectivity index (χ1) is 7.63. The maximum absolute atomic E-state index is 5.76. The van der Waals surface area contributed by atoms with Crippen LogP contribution < -0.4 is 5.32 Å². The van der Waals surface area contributed by atoms with Crippen molar-refractivity contribution in [1.82, 2.24) is 10.2 Å². The zero-order chi connectivity index (χ0) is 11.6. The molecular formula is C13H26N2O. The van der Waals surface area contributed by atoms with Gasteiger partial charge in [-0.3, -0.25) is 4.90 Å². The van der Waals surface area contributed by atoms with Crippen molar-refractivity contribution in [2.75, 3.05) is 26.2 Å². The van der Waals surface area contributed by atoms with Crippen molar-refractivity contribution < 1.29 is 4.74 Å². The second kappa shape index (κ2) is 5.03. The van der Waals surface area contributed by atoms with Gasteiger partial charge in [0.25, 0.3) is 0 Å². The lowest BCUT2D eigenvalue weighted by molar-refractivity contribution is 0.0152. The molecule has 16 heavy (non-hydrogen) atoms. The molecule has 0 aromatic rings. The van der Waals surface area contributed by atoms with Gasteiger partial charge in [-0.05, 0) is 53.1 Å². The monoisotopic (exact) mass is 226 g/mol. The molecule has 0 amide bonds. The van der Waals surface area contributed by atoms with Crippen molar-refractivity contribution in [2.45, 2.75) is 57.7 Å². The lowest BCUT2D eigenvalue weighted by Gasteiger charge is -2.42. The van der Waals surface area contributed by atoms with Crippen molar-refractivity contribution in [3.8, 4) is 0 Å². The summed E-state index contributed by atoms with van der Waals surface area (Å²) < 4.78 is 5.76. The summed E-state index contributed by atoms with van der Waals surface area (Å²) in [5, 5.41) is 3.56. The zero-order valence-corrected chi connectivity index (χ0v) is 11.0. The van der Waals surface area contributed by atoms with Crippen LogP contribution >= 0.6 is 0 Å². The summed E-state index contributed by atoms with van der Waals surface area (Å²) in [6.07, 6.45) is 4.08. The van der Waals surface area contributed by atoms with Crippen LogP contribution in [-0.2, 0) is 4.74 Å². The molecule has 2 saturated heterocycles. The highest BCUT2D eigenvalue weighted by Crippen LogP contribution is 2.32. The minimum Gasteiger partial charge on any atom is -0.377 e. The van der Waals surface area contributed by atoms with Gasteiger partial charge in [-0.25, -0.2) is 0 Å². The second-order valence-corrected chi connectivity index (χ2v) is 5.60. The molecule has 94 valence electrons. The first kappa shape index (κ1) is 12.3. The van der Waals surface area contributed by atoms with E-state index in [2.05, 4.69) is 31.0 Å². The Morgan fingerprint density at radius 2 is 2.12 bits per heavy atom. The Morgan fingerprint density at radius 3 is 2.81 bits per heavy atom. The van der Waals surface area contributed by atoms with Gasteiger partial charge in [-0.2, -0.15) is 0 Å². The van der Waals surface area contributed by atoms with E-state index in [0.29, 0.717) is 12.1 Å². The van der Waals surface area contributed by atoms with Gasteiger partial charge >= 0.3 is 0 Å². The highest BCUT2D eigenvalue weighted by Gasteiger charge is 2.41. The average molecular weight is 226 g/mol. The maximum Gasteiger partial charge on any atom is 0.0728 e. The van der Waals surface area contributed by atoms with Gasteiger partial charge in [-0.15, -0.1) is 0 Å². The Balaban J connectivity index is 2.00. The Hall–Kier alpha value is -0.120. The summed E-state index contributed by atoms with van der Waals surface area (Å²) in [5.74, 6) is 0. The SMILES string of the molecule is CC1CCN(C2(C)CCOC2C)CCCN1. The molecule has 2 aliphatic rings. The Labute approximate surface area is 99.5 Å². The average Bonchev–Trinajstić information content (AvgIpc) is 2.55. The third kappa shape index (κ3) is 2.41. The fraction of sp³-hybridized carbons (Fsp3) is 1.00. The van der Waals surface area contributed by atoms with Crippen LogP contribution in [0.15, 0.2) is 0 Å². The molecule has 0 bridgehead atoms. The third-order valence-electron chi connectivity index (χ3n) is 4.50. The van der Waals surface area contributed by atoms with E-state index in [1.807, 2.05) is 0 Å². The largest absolute Gasteiger partial charge is 0.377 e. The van der Waals surface area contributed by atoms with E-state index in [1.165, 1.54) is 32.4 Å². The van der Waals surface area contributed by atoms with Crippen LogP contribution in [0.3, 0.4) is 0 Å². The number of hydrogen-bond donors (Lipinski definition) is 1.